The Balaban J connectivity index is 1.99. The second-order valence-corrected chi connectivity index (χ2v) is 5.89. The van der Waals surface area contributed by atoms with Gasteiger partial charge in [-0.05, 0) is 43.4 Å². The zero-order valence-corrected chi connectivity index (χ0v) is 12.5. The summed E-state index contributed by atoms with van der Waals surface area (Å²) in [6, 6.07) is 12.8. The fourth-order valence-electron chi connectivity index (χ4n) is 3.22. The first-order chi connectivity index (χ1) is 10.1. The Morgan fingerprint density at radius 2 is 1.80 bits per heavy atom. The maximum atomic E-state index is 8.76. The number of hydrogen-bond donors (Lipinski definition) is 0. The summed E-state index contributed by atoms with van der Waals surface area (Å²) >= 11 is 0. The third-order valence-electron chi connectivity index (χ3n) is 4.42. The standard InChI is InChI=1S/C19H24N/c1-15-8-6-7-11-18(15)19-13-12-17(14-20(19)2)16-9-4-3-5-10-16/h6-8,11-14,16H,3-5,9-10H2,1-2H3/q+1/i16D. The van der Waals surface area contributed by atoms with Gasteiger partial charge in [0.1, 0.15) is 7.05 Å². The molecule has 0 aliphatic heterocycles. The molecular weight excluding hydrogens is 242 g/mol. The molecule has 0 spiro atoms. The van der Waals surface area contributed by atoms with Crippen molar-refractivity contribution in [3.8, 4) is 11.3 Å². The van der Waals surface area contributed by atoms with E-state index in [-0.39, 0.29) is 5.89 Å². The monoisotopic (exact) mass is 267 g/mol. The SMILES string of the molecule is [2H]C1(c2ccc(-c3ccccc3C)[n+](C)c2)CCCCC1. The lowest BCUT2D eigenvalue weighted by Crippen LogP contribution is -2.32. The zero-order chi connectivity index (χ0) is 14.9. The van der Waals surface area contributed by atoms with Gasteiger partial charge in [-0.1, -0.05) is 37.5 Å². The van der Waals surface area contributed by atoms with Gasteiger partial charge in [-0.25, -0.2) is 4.57 Å². The molecule has 0 bridgehead atoms. The van der Waals surface area contributed by atoms with Gasteiger partial charge < -0.3 is 0 Å². The summed E-state index contributed by atoms with van der Waals surface area (Å²) in [6.45, 7) is 2.15. The van der Waals surface area contributed by atoms with Gasteiger partial charge >= 0.3 is 0 Å². The van der Waals surface area contributed by atoms with E-state index in [0.717, 1.165) is 12.8 Å². The van der Waals surface area contributed by atoms with E-state index in [1.807, 2.05) is 0 Å². The van der Waals surface area contributed by atoms with E-state index in [1.165, 1.54) is 41.6 Å². The lowest BCUT2D eigenvalue weighted by atomic mass is 9.84. The summed E-state index contributed by atoms with van der Waals surface area (Å²) in [5, 5.41) is 0. The lowest BCUT2D eigenvalue weighted by Gasteiger charge is -2.21. The number of benzene rings is 1. The van der Waals surface area contributed by atoms with Crippen LogP contribution in [-0.4, -0.2) is 0 Å². The van der Waals surface area contributed by atoms with Crippen LogP contribution in [-0.2, 0) is 7.05 Å². The Bertz CT molecular complexity index is 642. The molecule has 3 rings (SSSR count). The number of nitrogens with zero attached hydrogens (tertiary/aromatic N) is 1. The zero-order valence-electron chi connectivity index (χ0n) is 13.5. The Kier molecular flexibility index (Phi) is 3.51. The Morgan fingerprint density at radius 1 is 1.05 bits per heavy atom. The van der Waals surface area contributed by atoms with E-state index in [2.05, 4.69) is 61.1 Å². The third-order valence-corrected chi connectivity index (χ3v) is 4.42. The molecule has 2 aromatic rings. The first-order valence-corrected chi connectivity index (χ1v) is 7.66. The molecule has 1 saturated carbocycles. The van der Waals surface area contributed by atoms with Crippen LogP contribution >= 0.6 is 0 Å². The number of rotatable bonds is 2. The molecule has 1 aliphatic rings. The van der Waals surface area contributed by atoms with Crippen molar-refractivity contribution < 1.29 is 5.94 Å². The van der Waals surface area contributed by atoms with Crippen molar-refractivity contribution >= 4 is 0 Å². The van der Waals surface area contributed by atoms with Crippen LogP contribution in [0.5, 0.6) is 0 Å². The molecule has 1 heteroatoms. The molecule has 0 radical (unpaired) electrons. The van der Waals surface area contributed by atoms with E-state index in [9.17, 15) is 0 Å². The summed E-state index contributed by atoms with van der Waals surface area (Å²) in [6.07, 6.45) is 7.82. The highest BCUT2D eigenvalue weighted by Crippen LogP contribution is 2.32. The van der Waals surface area contributed by atoms with Gasteiger partial charge in [0.2, 0.25) is 5.69 Å². The minimum absolute atomic E-state index is 0.375. The summed E-state index contributed by atoms with van der Waals surface area (Å²) in [5.74, 6) is -0.375. The molecule has 0 N–H and O–H groups in total. The fourth-order valence-corrected chi connectivity index (χ4v) is 3.22. The van der Waals surface area contributed by atoms with Crippen molar-refractivity contribution in [3.63, 3.8) is 0 Å². The normalized spacial score (nSPS) is 18.6. The van der Waals surface area contributed by atoms with Crippen molar-refractivity contribution in [2.24, 2.45) is 7.05 Å². The molecule has 0 saturated heterocycles. The second-order valence-electron chi connectivity index (χ2n) is 5.89. The fraction of sp³-hybridized carbons (Fsp3) is 0.421. The van der Waals surface area contributed by atoms with E-state index >= 15 is 0 Å². The average molecular weight is 267 g/mol. The van der Waals surface area contributed by atoms with Gasteiger partial charge in [0, 0.05) is 18.6 Å². The molecule has 20 heavy (non-hydrogen) atoms. The smallest absolute Gasteiger partial charge is 0.201 e. The van der Waals surface area contributed by atoms with Crippen LogP contribution in [0.2, 0.25) is 0 Å². The Labute approximate surface area is 123 Å². The Morgan fingerprint density at radius 3 is 2.50 bits per heavy atom. The minimum Gasteiger partial charge on any atom is -0.201 e. The third kappa shape index (κ3) is 2.63. The van der Waals surface area contributed by atoms with E-state index in [1.54, 1.807) is 0 Å². The van der Waals surface area contributed by atoms with E-state index in [4.69, 9.17) is 1.37 Å². The van der Waals surface area contributed by atoms with Crippen LogP contribution in [0.3, 0.4) is 0 Å². The molecule has 1 fully saturated rings. The topological polar surface area (TPSA) is 3.88 Å². The van der Waals surface area contributed by atoms with Gasteiger partial charge in [-0.3, -0.25) is 0 Å². The number of hydrogen-bond acceptors (Lipinski definition) is 0. The predicted octanol–water partition coefficient (Wildman–Crippen LogP) is 4.53. The summed E-state index contributed by atoms with van der Waals surface area (Å²) in [7, 11) is 2.09. The van der Waals surface area contributed by atoms with Crippen LogP contribution in [0.4, 0.5) is 0 Å². The van der Waals surface area contributed by atoms with Gasteiger partial charge in [0.15, 0.2) is 6.20 Å². The molecule has 104 valence electrons. The Hall–Kier alpha value is -1.63. The van der Waals surface area contributed by atoms with Crippen molar-refractivity contribution in [2.45, 2.75) is 44.9 Å². The molecule has 0 atom stereocenters. The highest BCUT2D eigenvalue weighted by Gasteiger charge is 2.19. The minimum atomic E-state index is -0.375. The van der Waals surface area contributed by atoms with E-state index in [0.29, 0.717) is 0 Å². The predicted molar refractivity (Wildman–Crippen MR) is 83.6 cm³/mol. The quantitative estimate of drug-likeness (QED) is 0.704. The van der Waals surface area contributed by atoms with Crippen LogP contribution < -0.4 is 4.57 Å². The average Bonchev–Trinajstić information content (AvgIpc) is 2.49. The van der Waals surface area contributed by atoms with Gasteiger partial charge in [0.25, 0.3) is 0 Å². The first-order valence-electron chi connectivity index (χ1n) is 8.16. The van der Waals surface area contributed by atoms with Crippen molar-refractivity contribution in [3.05, 3.63) is 53.7 Å². The van der Waals surface area contributed by atoms with Gasteiger partial charge in [-0.2, -0.15) is 0 Å². The number of aryl methyl sites for hydroxylation is 2. The summed E-state index contributed by atoms with van der Waals surface area (Å²) in [5.41, 5.74) is 4.95. The molecule has 1 aromatic carbocycles. The van der Waals surface area contributed by atoms with E-state index < -0.39 is 0 Å². The lowest BCUT2D eigenvalue weighted by molar-refractivity contribution is -0.660. The molecule has 1 nitrogen and oxygen atoms in total. The van der Waals surface area contributed by atoms with Gasteiger partial charge in [0.05, 0.1) is 0 Å². The largest absolute Gasteiger partial charge is 0.212 e. The summed E-state index contributed by atoms with van der Waals surface area (Å²) in [4.78, 5) is 0. The first kappa shape index (κ1) is 12.1. The maximum absolute atomic E-state index is 8.76. The highest BCUT2D eigenvalue weighted by atomic mass is 14.9. The van der Waals surface area contributed by atoms with Crippen LogP contribution in [0.25, 0.3) is 11.3 Å². The van der Waals surface area contributed by atoms with Crippen molar-refractivity contribution in [2.75, 3.05) is 0 Å². The van der Waals surface area contributed by atoms with Crippen molar-refractivity contribution in [1.29, 1.82) is 0 Å². The molecule has 1 aromatic heterocycles. The molecular formula is C19H24N+. The van der Waals surface area contributed by atoms with Crippen LogP contribution in [0, 0.1) is 6.92 Å². The second kappa shape index (κ2) is 5.78. The van der Waals surface area contributed by atoms with Gasteiger partial charge in [-0.15, -0.1) is 0 Å². The van der Waals surface area contributed by atoms with Crippen molar-refractivity contribution in [1.82, 2.24) is 0 Å². The number of aromatic nitrogens is 1. The summed E-state index contributed by atoms with van der Waals surface area (Å²) < 4.78 is 10.9. The molecule has 0 unspecified atom stereocenters. The molecule has 1 aliphatic carbocycles. The number of pyridine rings is 1. The molecule has 1 heterocycles. The molecule has 0 amide bonds. The highest BCUT2D eigenvalue weighted by molar-refractivity contribution is 5.60. The maximum Gasteiger partial charge on any atom is 0.212 e. The van der Waals surface area contributed by atoms with Crippen LogP contribution in [0.1, 0.15) is 50.5 Å². The van der Waals surface area contributed by atoms with Crippen LogP contribution in [0.15, 0.2) is 42.6 Å².